The highest BCUT2D eigenvalue weighted by Crippen LogP contribution is 2.16. The largest absolute Gasteiger partial charge is 0.347 e. The fourth-order valence-electron chi connectivity index (χ4n) is 2.71. The molecule has 0 saturated carbocycles. The van der Waals surface area contributed by atoms with Crippen molar-refractivity contribution in [2.75, 3.05) is 0 Å². The lowest BCUT2D eigenvalue weighted by molar-refractivity contribution is -0.117. The van der Waals surface area contributed by atoms with Crippen LogP contribution in [0.4, 0.5) is 0 Å². The number of carbonyl (C=O) groups excluding carboxylic acids is 1. The number of nitriles is 1. The molecule has 0 fully saturated rings. The summed E-state index contributed by atoms with van der Waals surface area (Å²) in [5.74, 6) is -0.460. The van der Waals surface area contributed by atoms with Crippen LogP contribution in [0.15, 0.2) is 53.1 Å². The zero-order valence-electron chi connectivity index (χ0n) is 14.4. The van der Waals surface area contributed by atoms with Crippen molar-refractivity contribution in [2.24, 2.45) is 14.1 Å². The molecule has 0 bridgehead atoms. The third-order valence-electron chi connectivity index (χ3n) is 4.15. The minimum atomic E-state index is -0.460. The van der Waals surface area contributed by atoms with Gasteiger partial charge < -0.3 is 5.32 Å². The minimum Gasteiger partial charge on any atom is -0.347 e. The minimum absolute atomic E-state index is 0.00540. The summed E-state index contributed by atoms with van der Waals surface area (Å²) in [4.78, 5) is 28.2. The smallest absolute Gasteiger partial charge is 0.328 e. The summed E-state index contributed by atoms with van der Waals surface area (Å²) in [6, 6.07) is 10.9. The van der Waals surface area contributed by atoms with Gasteiger partial charge in [-0.25, -0.2) is 4.79 Å². The quantitative estimate of drug-likeness (QED) is 0.572. The molecule has 0 saturated heterocycles. The molecule has 0 spiro atoms. The van der Waals surface area contributed by atoms with E-state index in [1.54, 1.807) is 55.3 Å². The van der Waals surface area contributed by atoms with Crippen molar-refractivity contribution in [3.05, 3.63) is 69.9 Å². The number of nitrogens with one attached hydrogen (secondary N) is 1. The van der Waals surface area contributed by atoms with Crippen LogP contribution >= 0.6 is 0 Å². The Morgan fingerprint density at radius 2 is 2.04 bits per heavy atom. The molecule has 0 radical (unpaired) electrons. The number of carbonyl (C=O) groups is 1. The number of benzene rings is 1. The molecule has 0 unspecified atom stereocenters. The van der Waals surface area contributed by atoms with Crippen molar-refractivity contribution in [1.82, 2.24) is 19.4 Å². The first-order valence-electron chi connectivity index (χ1n) is 7.95. The van der Waals surface area contributed by atoms with E-state index in [2.05, 4.69) is 10.3 Å². The van der Waals surface area contributed by atoms with Crippen LogP contribution in [0.3, 0.4) is 0 Å². The molecule has 3 aromatic rings. The Kier molecular flexibility index (Phi) is 4.67. The maximum absolute atomic E-state index is 12.3. The molecule has 0 atom stereocenters. The molecule has 0 aliphatic carbocycles. The van der Waals surface area contributed by atoms with E-state index >= 15 is 0 Å². The Labute approximate surface area is 149 Å². The summed E-state index contributed by atoms with van der Waals surface area (Å²) >= 11 is 0. The highest BCUT2D eigenvalue weighted by molar-refractivity contribution is 6.02. The molecule has 0 aliphatic rings. The molecule has 2 heterocycles. The molecule has 7 nitrogen and oxygen atoms in total. The number of aryl methyl sites for hydroxylation is 2. The fraction of sp³-hybridized carbons (Fsp3) is 0.158. The first-order chi connectivity index (χ1) is 12.5. The van der Waals surface area contributed by atoms with Crippen LogP contribution in [0.2, 0.25) is 0 Å². The highest BCUT2D eigenvalue weighted by Gasteiger charge is 2.11. The van der Waals surface area contributed by atoms with E-state index < -0.39 is 5.91 Å². The molecule has 1 N–H and O–H groups in total. The van der Waals surface area contributed by atoms with Gasteiger partial charge in [0.25, 0.3) is 5.91 Å². The molecular weight excluding hydrogens is 330 g/mol. The second kappa shape index (κ2) is 7.07. The van der Waals surface area contributed by atoms with E-state index in [-0.39, 0.29) is 17.8 Å². The SMILES string of the molecule is Cn1c(=O)n(C)c2cc(C=C(C#N)C(=O)NCc3cccnc3)ccc21. The van der Waals surface area contributed by atoms with Gasteiger partial charge in [0.15, 0.2) is 0 Å². The predicted molar refractivity (Wildman–Crippen MR) is 97.8 cm³/mol. The van der Waals surface area contributed by atoms with Crippen molar-refractivity contribution >= 4 is 23.0 Å². The molecule has 130 valence electrons. The maximum Gasteiger partial charge on any atom is 0.328 e. The average molecular weight is 347 g/mol. The summed E-state index contributed by atoms with van der Waals surface area (Å²) in [5, 5.41) is 12.0. The Bertz CT molecular complexity index is 1100. The van der Waals surface area contributed by atoms with Crippen molar-refractivity contribution in [2.45, 2.75) is 6.54 Å². The lowest BCUT2D eigenvalue weighted by Gasteiger charge is -2.04. The average Bonchev–Trinajstić information content (AvgIpc) is 2.89. The number of amides is 1. The molecule has 0 aliphatic heterocycles. The zero-order valence-corrected chi connectivity index (χ0v) is 14.4. The summed E-state index contributed by atoms with van der Waals surface area (Å²) in [6.45, 7) is 0.290. The normalized spacial score (nSPS) is 11.3. The van der Waals surface area contributed by atoms with E-state index in [1.165, 1.54) is 10.6 Å². The molecule has 7 heteroatoms. The van der Waals surface area contributed by atoms with E-state index in [0.717, 1.165) is 16.6 Å². The van der Waals surface area contributed by atoms with Crippen LogP contribution in [0.25, 0.3) is 17.1 Å². The maximum atomic E-state index is 12.3. The number of fused-ring (bicyclic) bond motifs is 1. The van der Waals surface area contributed by atoms with Gasteiger partial charge >= 0.3 is 5.69 Å². The van der Waals surface area contributed by atoms with Gasteiger partial charge in [0.2, 0.25) is 0 Å². The van der Waals surface area contributed by atoms with Crippen molar-refractivity contribution in [3.63, 3.8) is 0 Å². The Morgan fingerprint density at radius 1 is 1.27 bits per heavy atom. The molecule has 26 heavy (non-hydrogen) atoms. The van der Waals surface area contributed by atoms with Crippen LogP contribution in [0, 0.1) is 11.3 Å². The first-order valence-corrected chi connectivity index (χ1v) is 7.95. The van der Waals surface area contributed by atoms with E-state index in [9.17, 15) is 14.9 Å². The van der Waals surface area contributed by atoms with Crippen LogP contribution in [0.1, 0.15) is 11.1 Å². The van der Waals surface area contributed by atoms with Gasteiger partial charge in [-0.05, 0) is 35.4 Å². The van der Waals surface area contributed by atoms with Gasteiger partial charge in [-0.15, -0.1) is 0 Å². The standard InChI is InChI=1S/C19H17N5O2/c1-23-16-6-5-13(9-17(16)24(2)19(23)26)8-15(10-20)18(25)22-12-14-4-3-7-21-11-14/h3-9,11H,12H2,1-2H3,(H,22,25). The summed E-state index contributed by atoms with van der Waals surface area (Å²) in [7, 11) is 3.39. The van der Waals surface area contributed by atoms with E-state index in [1.807, 2.05) is 12.1 Å². The second-order valence-electron chi connectivity index (χ2n) is 5.86. The summed E-state index contributed by atoms with van der Waals surface area (Å²) < 4.78 is 3.08. The first kappa shape index (κ1) is 17.2. The van der Waals surface area contributed by atoms with E-state index in [4.69, 9.17) is 0 Å². The summed E-state index contributed by atoms with van der Waals surface area (Å²) in [6.07, 6.45) is 4.81. The van der Waals surface area contributed by atoms with E-state index in [0.29, 0.717) is 5.56 Å². The van der Waals surface area contributed by atoms with Crippen molar-refractivity contribution in [1.29, 1.82) is 5.26 Å². The molecular formula is C19H17N5O2. The Balaban J connectivity index is 1.85. The van der Waals surface area contributed by atoms with Gasteiger partial charge in [0.1, 0.15) is 11.6 Å². The Hall–Kier alpha value is -3.66. The van der Waals surface area contributed by atoms with Crippen LogP contribution < -0.4 is 11.0 Å². The number of hydrogen-bond acceptors (Lipinski definition) is 4. The van der Waals surface area contributed by atoms with Crippen LogP contribution in [-0.2, 0) is 25.4 Å². The van der Waals surface area contributed by atoms with Gasteiger partial charge in [-0.2, -0.15) is 5.26 Å². The lowest BCUT2D eigenvalue weighted by atomic mass is 10.1. The number of hydrogen-bond donors (Lipinski definition) is 1. The fourth-order valence-corrected chi connectivity index (χ4v) is 2.71. The van der Waals surface area contributed by atoms with Gasteiger partial charge in [-0.1, -0.05) is 12.1 Å². The van der Waals surface area contributed by atoms with Crippen molar-refractivity contribution < 1.29 is 4.79 Å². The monoisotopic (exact) mass is 347 g/mol. The molecule has 1 aromatic carbocycles. The number of rotatable bonds is 4. The number of aromatic nitrogens is 3. The molecule has 1 amide bonds. The third kappa shape index (κ3) is 3.26. The zero-order chi connectivity index (χ0) is 18.7. The van der Waals surface area contributed by atoms with Crippen LogP contribution in [-0.4, -0.2) is 20.0 Å². The summed E-state index contributed by atoms with van der Waals surface area (Å²) in [5.41, 5.74) is 2.91. The topological polar surface area (TPSA) is 92.7 Å². The third-order valence-corrected chi connectivity index (χ3v) is 4.15. The number of nitrogens with zero attached hydrogens (tertiary/aromatic N) is 4. The van der Waals surface area contributed by atoms with Crippen LogP contribution in [0.5, 0.6) is 0 Å². The van der Waals surface area contributed by atoms with Gasteiger partial charge in [0.05, 0.1) is 11.0 Å². The predicted octanol–water partition coefficient (Wildman–Crippen LogP) is 1.50. The van der Waals surface area contributed by atoms with Gasteiger partial charge in [-0.3, -0.25) is 18.9 Å². The Morgan fingerprint density at radius 3 is 2.73 bits per heavy atom. The lowest BCUT2D eigenvalue weighted by Crippen LogP contribution is -2.24. The van der Waals surface area contributed by atoms with Gasteiger partial charge in [0, 0.05) is 33.0 Å². The highest BCUT2D eigenvalue weighted by atomic mass is 16.2. The second-order valence-corrected chi connectivity index (χ2v) is 5.86. The number of pyridine rings is 1. The number of imidazole rings is 1. The molecule has 3 rings (SSSR count). The van der Waals surface area contributed by atoms with Crippen molar-refractivity contribution in [3.8, 4) is 6.07 Å². The molecule has 2 aromatic heterocycles.